The van der Waals surface area contributed by atoms with Gasteiger partial charge in [-0.25, -0.2) is 0 Å². The summed E-state index contributed by atoms with van der Waals surface area (Å²) in [7, 11) is -3.92. The maximum absolute atomic E-state index is 5.79. The van der Waals surface area contributed by atoms with Gasteiger partial charge in [-0.2, -0.15) is 0 Å². The summed E-state index contributed by atoms with van der Waals surface area (Å²) in [5, 5.41) is 0. The summed E-state index contributed by atoms with van der Waals surface area (Å²) in [5.41, 5.74) is 2.73. The second-order valence-corrected chi connectivity index (χ2v) is 31.4. The van der Waals surface area contributed by atoms with Gasteiger partial charge in [0, 0.05) is 11.4 Å². The Morgan fingerprint density at radius 1 is 0.515 bits per heavy atom. The minimum atomic E-state index is -1.34. The van der Waals surface area contributed by atoms with Crippen molar-refractivity contribution in [3.8, 4) is 11.5 Å². The molecule has 0 spiro atoms. The van der Waals surface area contributed by atoms with Crippen LogP contribution in [0, 0.1) is 0 Å². The van der Waals surface area contributed by atoms with Gasteiger partial charge < -0.3 is 17.8 Å². The molecule has 1 radical (unpaired) electrons. The highest BCUT2D eigenvalue weighted by Gasteiger charge is 2.48. The number of anilines is 2. The normalized spacial score (nSPS) is 22.3. The molecule has 177 valence electrons. The first-order chi connectivity index (χ1) is 15.3. The highest BCUT2D eigenvalue weighted by molar-refractivity contribution is 7.05. The molecule has 9 heteroatoms. The zero-order valence-electron chi connectivity index (χ0n) is 21.7. The van der Waals surface area contributed by atoms with Crippen LogP contribution in [0.1, 0.15) is 0 Å². The lowest BCUT2D eigenvalue weighted by atomic mass is 10.2. The second kappa shape index (κ2) is 8.66. The summed E-state index contributed by atoms with van der Waals surface area (Å²) in [6, 6.07) is 22.8. The molecule has 2 fully saturated rings. The van der Waals surface area contributed by atoms with E-state index in [9.17, 15) is 0 Å². The van der Waals surface area contributed by atoms with Crippen molar-refractivity contribution in [2.24, 2.45) is 0 Å². The molecule has 0 atom stereocenters. The summed E-state index contributed by atoms with van der Waals surface area (Å²) in [6.45, 7) is 20.0. The van der Waals surface area contributed by atoms with Gasteiger partial charge in [-0.1, -0.05) is 52.4 Å². The molecule has 0 N–H and O–H groups in total. The monoisotopic (exact) mass is 511 g/mol. The van der Waals surface area contributed by atoms with E-state index >= 15 is 0 Å². The summed E-state index contributed by atoms with van der Waals surface area (Å²) in [6.07, 6.45) is 0. The van der Waals surface area contributed by atoms with Crippen LogP contribution in [0.15, 0.2) is 48.5 Å². The van der Waals surface area contributed by atoms with Gasteiger partial charge in [-0.05, 0) is 72.7 Å². The van der Waals surface area contributed by atoms with Crippen LogP contribution < -0.4 is 17.8 Å². The van der Waals surface area contributed by atoms with E-state index in [-0.39, 0.29) is 0 Å². The molecule has 0 aromatic heterocycles. The lowest BCUT2D eigenvalue weighted by molar-refractivity contribution is 0.459. The Labute approximate surface area is 206 Å². The Hall–Kier alpha value is -1.43. The van der Waals surface area contributed by atoms with Crippen molar-refractivity contribution in [2.75, 3.05) is 8.46 Å². The first kappa shape index (κ1) is 24.7. The molecule has 0 bridgehead atoms. The average molecular weight is 512 g/mol. The molecule has 2 heterocycles. The van der Waals surface area contributed by atoms with Gasteiger partial charge in [0.2, 0.25) is 0 Å². The van der Waals surface area contributed by atoms with E-state index in [4.69, 9.17) is 9.31 Å². The molecule has 0 saturated carbocycles. The molecule has 2 saturated heterocycles. The first-order valence-electron chi connectivity index (χ1n) is 12.3. The van der Waals surface area contributed by atoms with Gasteiger partial charge in [0.05, 0.1) is 0 Å². The van der Waals surface area contributed by atoms with Gasteiger partial charge in [0.1, 0.15) is 44.4 Å². The van der Waals surface area contributed by atoms with E-state index < -0.39 is 32.9 Å². The van der Waals surface area contributed by atoms with Crippen molar-refractivity contribution in [1.29, 1.82) is 0 Å². The molecule has 2 aromatic rings. The molecule has 0 aliphatic carbocycles. The van der Waals surface area contributed by atoms with Crippen molar-refractivity contribution in [3.63, 3.8) is 0 Å². The third-order valence-electron chi connectivity index (χ3n) is 7.68. The zero-order valence-corrected chi connectivity index (χ0v) is 25.7. The standard InChI is InChI=1S/C24H40BN2O2Si4/c1-30(2)17-18-31(3,4)26(30)21-9-13-23(14-10-21)28-25-29-24-15-11-22(12-16-24)27-32(5,6)19-20-33(27,7)8/h9-16H,17-20H2,1-8H3. The van der Waals surface area contributed by atoms with Gasteiger partial charge >= 0.3 is 7.69 Å². The number of hydrogen-bond acceptors (Lipinski definition) is 4. The Balaban J connectivity index is 1.35. The third-order valence-corrected chi connectivity index (χ3v) is 27.7. The largest absolute Gasteiger partial charge is 0.658 e. The zero-order chi connectivity index (χ0) is 24.1. The second-order valence-electron chi connectivity index (χ2n) is 12.2. The van der Waals surface area contributed by atoms with Crippen LogP contribution in [0.4, 0.5) is 11.4 Å². The fourth-order valence-corrected chi connectivity index (χ4v) is 34.7. The van der Waals surface area contributed by atoms with E-state index in [0.717, 1.165) is 11.5 Å². The molecule has 4 nitrogen and oxygen atoms in total. The van der Waals surface area contributed by atoms with Crippen molar-refractivity contribution in [1.82, 2.24) is 0 Å². The average Bonchev–Trinajstić information content (AvgIpc) is 3.09. The minimum absolute atomic E-state index is 0.811. The Bertz CT molecular complexity index is 869. The number of nitrogens with zero attached hydrogens (tertiary/aromatic N) is 2. The lowest BCUT2D eigenvalue weighted by Crippen LogP contribution is -2.55. The highest BCUT2D eigenvalue weighted by Crippen LogP contribution is 2.42. The highest BCUT2D eigenvalue weighted by atomic mass is 28.4. The molecular weight excluding hydrogens is 471 g/mol. The van der Waals surface area contributed by atoms with Crippen LogP contribution in [0.3, 0.4) is 0 Å². The van der Waals surface area contributed by atoms with Gasteiger partial charge in [0.15, 0.2) is 0 Å². The molecule has 0 amide bonds. The summed E-state index contributed by atoms with van der Waals surface area (Å²) in [4.78, 5) is 0. The van der Waals surface area contributed by atoms with Crippen LogP contribution in [0.2, 0.25) is 76.6 Å². The van der Waals surface area contributed by atoms with Crippen LogP contribution in [-0.2, 0) is 0 Å². The summed E-state index contributed by atoms with van der Waals surface area (Å²) < 4.78 is 17.2. The van der Waals surface area contributed by atoms with Crippen molar-refractivity contribution in [2.45, 2.75) is 76.6 Å². The van der Waals surface area contributed by atoms with E-state index in [0.29, 0.717) is 0 Å². The topological polar surface area (TPSA) is 24.9 Å². The predicted octanol–water partition coefficient (Wildman–Crippen LogP) is 7.14. The molecule has 33 heavy (non-hydrogen) atoms. The Morgan fingerprint density at radius 2 is 0.788 bits per heavy atom. The van der Waals surface area contributed by atoms with Gasteiger partial charge in [0.25, 0.3) is 0 Å². The maximum atomic E-state index is 5.79. The maximum Gasteiger partial charge on any atom is 0.658 e. The van der Waals surface area contributed by atoms with Crippen molar-refractivity contribution < 1.29 is 9.31 Å². The predicted molar refractivity (Wildman–Crippen MR) is 154 cm³/mol. The Morgan fingerprint density at radius 3 is 1.06 bits per heavy atom. The van der Waals surface area contributed by atoms with Crippen LogP contribution in [0.25, 0.3) is 0 Å². The first-order valence-corrected chi connectivity index (χ1v) is 24.9. The molecule has 2 aliphatic rings. The quantitative estimate of drug-likeness (QED) is 0.385. The molecule has 0 unspecified atom stereocenters. The fraction of sp³-hybridized carbons (Fsp3) is 0.500. The smallest absolute Gasteiger partial charge is 0.526 e. The van der Waals surface area contributed by atoms with Crippen LogP contribution in [0.5, 0.6) is 11.5 Å². The number of benzene rings is 2. The number of rotatable bonds is 6. The summed E-state index contributed by atoms with van der Waals surface area (Å²) in [5.74, 6) is 1.62. The van der Waals surface area contributed by atoms with Gasteiger partial charge in [-0.15, -0.1) is 0 Å². The van der Waals surface area contributed by atoms with E-state index in [1.165, 1.54) is 43.2 Å². The molecule has 2 aliphatic heterocycles. The molecular formula is C24H40BN2O2Si4. The van der Waals surface area contributed by atoms with E-state index in [1.807, 2.05) is 0 Å². The summed E-state index contributed by atoms with van der Waals surface area (Å²) >= 11 is 0. The molecule has 4 rings (SSSR count). The van der Waals surface area contributed by atoms with Crippen LogP contribution >= 0.6 is 0 Å². The van der Waals surface area contributed by atoms with E-state index in [1.54, 1.807) is 0 Å². The third kappa shape index (κ3) is 5.01. The number of hydrogen-bond donors (Lipinski definition) is 0. The van der Waals surface area contributed by atoms with Crippen molar-refractivity contribution >= 4 is 52.0 Å². The van der Waals surface area contributed by atoms with Gasteiger partial charge in [-0.3, -0.25) is 0 Å². The molecule has 2 aromatic carbocycles. The minimum Gasteiger partial charge on any atom is -0.526 e. The Kier molecular flexibility index (Phi) is 6.48. The van der Waals surface area contributed by atoms with Crippen molar-refractivity contribution in [3.05, 3.63) is 48.5 Å². The SMILES string of the molecule is C[Si]1(C)CC[Si](C)(C)N1c1ccc(O[B]Oc2ccc(N3[Si](C)(C)CC[Si]3(C)C)cc2)cc1. The van der Waals surface area contributed by atoms with Crippen LogP contribution in [-0.4, -0.2) is 40.6 Å². The lowest BCUT2D eigenvalue weighted by Gasteiger charge is -2.41. The van der Waals surface area contributed by atoms with E-state index in [2.05, 4.69) is 109 Å². The fourth-order valence-electron chi connectivity index (χ4n) is 6.19.